The molecule has 0 amide bonds. The van der Waals surface area contributed by atoms with Crippen molar-refractivity contribution in [3.8, 4) is 0 Å². The predicted molar refractivity (Wildman–Crippen MR) is 60.7 cm³/mol. The zero-order chi connectivity index (χ0) is 9.80. The molecule has 0 spiro atoms. The van der Waals surface area contributed by atoms with Gasteiger partial charge in [-0.15, -0.1) is 0 Å². The molecule has 0 saturated carbocycles. The molecule has 1 aliphatic rings. The fourth-order valence-corrected chi connectivity index (χ4v) is 1.66. The standard InChI is InChI=1S/C13H15N/c14-10-11-6-8-13(9-7-11)12-4-2-1-3-5-12/h2,4-9H,1,3,10,14H2. The van der Waals surface area contributed by atoms with E-state index in [1.807, 2.05) is 0 Å². The third kappa shape index (κ3) is 1.94. The van der Waals surface area contributed by atoms with Gasteiger partial charge in [0, 0.05) is 6.54 Å². The van der Waals surface area contributed by atoms with Gasteiger partial charge in [-0.05, 0) is 29.5 Å². The van der Waals surface area contributed by atoms with Crippen LogP contribution < -0.4 is 5.73 Å². The minimum atomic E-state index is 0.620. The fraction of sp³-hybridized carbons (Fsp3) is 0.231. The van der Waals surface area contributed by atoms with Crippen LogP contribution >= 0.6 is 0 Å². The summed E-state index contributed by atoms with van der Waals surface area (Å²) in [6, 6.07) is 8.48. The van der Waals surface area contributed by atoms with E-state index in [9.17, 15) is 0 Å². The number of hydrogen-bond donors (Lipinski definition) is 1. The summed E-state index contributed by atoms with van der Waals surface area (Å²) < 4.78 is 0. The lowest BCUT2D eigenvalue weighted by atomic mass is 9.99. The van der Waals surface area contributed by atoms with Crippen molar-refractivity contribution >= 4 is 5.57 Å². The monoisotopic (exact) mass is 185 g/mol. The second-order valence-electron chi connectivity index (χ2n) is 3.54. The van der Waals surface area contributed by atoms with E-state index >= 15 is 0 Å². The Hall–Kier alpha value is -1.34. The van der Waals surface area contributed by atoms with E-state index in [2.05, 4.69) is 42.5 Å². The van der Waals surface area contributed by atoms with Gasteiger partial charge in [-0.3, -0.25) is 0 Å². The average molecular weight is 185 g/mol. The number of benzene rings is 1. The minimum absolute atomic E-state index is 0.620. The summed E-state index contributed by atoms with van der Waals surface area (Å²) >= 11 is 0. The molecular formula is C13H15N. The molecular weight excluding hydrogens is 170 g/mol. The Morgan fingerprint density at radius 3 is 2.43 bits per heavy atom. The number of nitrogens with two attached hydrogens (primary N) is 1. The lowest BCUT2D eigenvalue weighted by Crippen LogP contribution is -1.95. The Morgan fingerprint density at radius 2 is 1.86 bits per heavy atom. The summed E-state index contributed by atoms with van der Waals surface area (Å²) in [5.41, 5.74) is 9.36. The molecule has 0 unspecified atom stereocenters. The molecule has 0 aromatic heterocycles. The van der Waals surface area contributed by atoms with Crippen LogP contribution in [0.4, 0.5) is 0 Å². The van der Waals surface area contributed by atoms with Crippen LogP contribution in [-0.4, -0.2) is 0 Å². The van der Waals surface area contributed by atoms with Crippen molar-refractivity contribution in [1.82, 2.24) is 0 Å². The van der Waals surface area contributed by atoms with Crippen LogP contribution in [0.25, 0.3) is 5.57 Å². The Kier molecular flexibility index (Phi) is 2.80. The first-order valence-electron chi connectivity index (χ1n) is 5.06. The van der Waals surface area contributed by atoms with Gasteiger partial charge in [0.15, 0.2) is 0 Å². The van der Waals surface area contributed by atoms with E-state index in [1.165, 1.54) is 23.1 Å². The third-order valence-corrected chi connectivity index (χ3v) is 2.52. The molecule has 1 aromatic carbocycles. The van der Waals surface area contributed by atoms with Crippen LogP contribution in [0.2, 0.25) is 0 Å². The second-order valence-corrected chi connectivity index (χ2v) is 3.54. The zero-order valence-corrected chi connectivity index (χ0v) is 8.24. The highest BCUT2D eigenvalue weighted by molar-refractivity contribution is 5.74. The molecule has 0 atom stereocenters. The van der Waals surface area contributed by atoms with Gasteiger partial charge in [-0.2, -0.15) is 0 Å². The van der Waals surface area contributed by atoms with Gasteiger partial charge in [-0.1, -0.05) is 42.5 Å². The van der Waals surface area contributed by atoms with Crippen molar-refractivity contribution in [3.05, 3.63) is 53.6 Å². The molecule has 2 rings (SSSR count). The number of hydrogen-bond acceptors (Lipinski definition) is 1. The maximum absolute atomic E-state index is 5.55. The molecule has 72 valence electrons. The lowest BCUT2D eigenvalue weighted by molar-refractivity contribution is 1.04. The van der Waals surface area contributed by atoms with Crippen LogP contribution in [0.5, 0.6) is 0 Å². The van der Waals surface area contributed by atoms with Gasteiger partial charge < -0.3 is 5.73 Å². The van der Waals surface area contributed by atoms with Gasteiger partial charge in [-0.25, -0.2) is 0 Å². The first kappa shape index (κ1) is 9.22. The fourth-order valence-electron chi connectivity index (χ4n) is 1.66. The topological polar surface area (TPSA) is 26.0 Å². The Morgan fingerprint density at radius 1 is 1.07 bits per heavy atom. The van der Waals surface area contributed by atoms with Gasteiger partial charge in [0.25, 0.3) is 0 Å². The smallest absolute Gasteiger partial charge is 0.0178 e. The second kappa shape index (κ2) is 4.25. The molecule has 1 aromatic rings. The van der Waals surface area contributed by atoms with Gasteiger partial charge >= 0.3 is 0 Å². The van der Waals surface area contributed by atoms with Crippen LogP contribution in [0.1, 0.15) is 24.0 Å². The van der Waals surface area contributed by atoms with Crippen molar-refractivity contribution in [2.45, 2.75) is 19.4 Å². The molecule has 0 radical (unpaired) electrons. The van der Waals surface area contributed by atoms with E-state index in [0.29, 0.717) is 6.54 Å². The first-order chi connectivity index (χ1) is 6.90. The molecule has 0 heterocycles. The first-order valence-corrected chi connectivity index (χ1v) is 5.06. The molecule has 0 aliphatic heterocycles. The van der Waals surface area contributed by atoms with Crippen molar-refractivity contribution in [2.75, 3.05) is 0 Å². The minimum Gasteiger partial charge on any atom is -0.326 e. The number of allylic oxidation sites excluding steroid dienone is 4. The number of rotatable bonds is 2. The van der Waals surface area contributed by atoms with Gasteiger partial charge in [0.1, 0.15) is 0 Å². The average Bonchev–Trinajstić information content (AvgIpc) is 2.30. The summed E-state index contributed by atoms with van der Waals surface area (Å²) in [5, 5.41) is 0. The highest BCUT2D eigenvalue weighted by atomic mass is 14.5. The zero-order valence-electron chi connectivity index (χ0n) is 8.24. The summed E-state index contributed by atoms with van der Waals surface area (Å²) in [6.07, 6.45) is 9.04. The van der Waals surface area contributed by atoms with Crippen LogP contribution in [-0.2, 0) is 6.54 Å². The van der Waals surface area contributed by atoms with Crippen molar-refractivity contribution in [1.29, 1.82) is 0 Å². The van der Waals surface area contributed by atoms with Crippen LogP contribution in [0.15, 0.2) is 42.5 Å². The SMILES string of the molecule is NCc1ccc(C2=CCCC=C2)cc1. The largest absolute Gasteiger partial charge is 0.326 e. The highest BCUT2D eigenvalue weighted by Gasteiger charge is 2.00. The van der Waals surface area contributed by atoms with E-state index in [1.54, 1.807) is 0 Å². The van der Waals surface area contributed by atoms with Gasteiger partial charge in [0.05, 0.1) is 0 Å². The van der Waals surface area contributed by atoms with E-state index in [4.69, 9.17) is 5.73 Å². The van der Waals surface area contributed by atoms with E-state index in [0.717, 1.165) is 6.42 Å². The molecule has 0 saturated heterocycles. The highest BCUT2D eigenvalue weighted by Crippen LogP contribution is 2.21. The molecule has 14 heavy (non-hydrogen) atoms. The van der Waals surface area contributed by atoms with Crippen LogP contribution in [0, 0.1) is 0 Å². The molecule has 1 aliphatic carbocycles. The Bertz CT molecular complexity index is 357. The molecule has 1 heteroatoms. The third-order valence-electron chi connectivity index (χ3n) is 2.52. The molecule has 0 bridgehead atoms. The van der Waals surface area contributed by atoms with Crippen molar-refractivity contribution < 1.29 is 0 Å². The van der Waals surface area contributed by atoms with Crippen molar-refractivity contribution in [3.63, 3.8) is 0 Å². The maximum atomic E-state index is 5.55. The molecule has 1 nitrogen and oxygen atoms in total. The Labute approximate surface area is 84.9 Å². The summed E-state index contributed by atoms with van der Waals surface area (Å²) in [7, 11) is 0. The van der Waals surface area contributed by atoms with E-state index < -0.39 is 0 Å². The van der Waals surface area contributed by atoms with Crippen molar-refractivity contribution in [2.24, 2.45) is 5.73 Å². The predicted octanol–water partition coefficient (Wildman–Crippen LogP) is 2.88. The molecule has 0 fully saturated rings. The lowest BCUT2D eigenvalue weighted by Gasteiger charge is -2.07. The van der Waals surface area contributed by atoms with Gasteiger partial charge in [0.2, 0.25) is 0 Å². The molecule has 2 N–H and O–H groups in total. The Balaban J connectivity index is 2.24. The summed E-state index contributed by atoms with van der Waals surface area (Å²) in [5.74, 6) is 0. The van der Waals surface area contributed by atoms with Crippen LogP contribution in [0.3, 0.4) is 0 Å². The quantitative estimate of drug-likeness (QED) is 0.753. The van der Waals surface area contributed by atoms with E-state index in [-0.39, 0.29) is 0 Å². The summed E-state index contributed by atoms with van der Waals surface area (Å²) in [6.45, 7) is 0.620. The maximum Gasteiger partial charge on any atom is 0.0178 e. The normalized spacial score (nSPS) is 15.4. The summed E-state index contributed by atoms with van der Waals surface area (Å²) in [4.78, 5) is 0.